The number of carbonyl (C=O) groups is 1. The first-order valence-corrected chi connectivity index (χ1v) is 10.3. The standard InChI is InChI=1S/C23H32N4O2/c1-25(2)19-11-9-18(10-12-19)21(27-15-13-26(3)14-16-27)17-24-23(28)20-7-5-6-8-22(20)29-4/h5-12,21H,13-17H2,1-4H3,(H,24,28)/p+2/t21-/m0/s1. The largest absolute Gasteiger partial charge is 0.496 e. The maximum Gasteiger partial charge on any atom is 0.255 e. The summed E-state index contributed by atoms with van der Waals surface area (Å²) in [7, 11) is 7.95. The van der Waals surface area contributed by atoms with E-state index in [4.69, 9.17) is 4.74 Å². The molecule has 1 aliphatic heterocycles. The fourth-order valence-electron chi connectivity index (χ4n) is 3.97. The van der Waals surface area contributed by atoms with Crippen LogP contribution in [0.4, 0.5) is 5.69 Å². The van der Waals surface area contributed by atoms with Gasteiger partial charge in [0.25, 0.3) is 5.91 Å². The van der Waals surface area contributed by atoms with Crippen LogP contribution in [0.1, 0.15) is 22.0 Å². The number of hydrogen-bond donors (Lipinski definition) is 3. The zero-order valence-corrected chi connectivity index (χ0v) is 18.0. The minimum Gasteiger partial charge on any atom is -0.496 e. The van der Waals surface area contributed by atoms with Gasteiger partial charge in [0.15, 0.2) is 0 Å². The molecule has 1 heterocycles. The van der Waals surface area contributed by atoms with Gasteiger partial charge < -0.3 is 24.8 Å². The molecule has 1 fully saturated rings. The Hall–Kier alpha value is -2.57. The van der Waals surface area contributed by atoms with Crippen molar-refractivity contribution in [2.24, 2.45) is 0 Å². The molecule has 29 heavy (non-hydrogen) atoms. The fourth-order valence-corrected chi connectivity index (χ4v) is 3.97. The van der Waals surface area contributed by atoms with E-state index < -0.39 is 0 Å². The molecule has 1 saturated heterocycles. The summed E-state index contributed by atoms with van der Waals surface area (Å²) in [6.45, 7) is 5.13. The SMILES string of the molecule is COc1ccccc1C(=O)NC[C@@H](c1ccc(N(C)C)cc1)[NH+]1CC[NH+](C)CC1. The van der Waals surface area contributed by atoms with E-state index in [9.17, 15) is 4.79 Å². The molecule has 1 aliphatic rings. The maximum atomic E-state index is 12.8. The van der Waals surface area contributed by atoms with Crippen molar-refractivity contribution in [3.63, 3.8) is 0 Å². The third-order valence-electron chi connectivity index (χ3n) is 5.87. The van der Waals surface area contributed by atoms with Gasteiger partial charge in [-0.25, -0.2) is 0 Å². The van der Waals surface area contributed by atoms with Crippen molar-refractivity contribution >= 4 is 11.6 Å². The number of ether oxygens (including phenoxy) is 1. The molecule has 1 amide bonds. The highest BCUT2D eigenvalue weighted by molar-refractivity contribution is 5.96. The zero-order chi connectivity index (χ0) is 20.8. The van der Waals surface area contributed by atoms with Crippen molar-refractivity contribution in [1.29, 1.82) is 0 Å². The number of hydrogen-bond acceptors (Lipinski definition) is 3. The van der Waals surface area contributed by atoms with Crippen LogP contribution in [-0.2, 0) is 0 Å². The number of benzene rings is 2. The molecule has 2 aromatic carbocycles. The van der Waals surface area contributed by atoms with Crippen LogP contribution < -0.4 is 24.8 Å². The lowest BCUT2D eigenvalue weighted by Gasteiger charge is -2.33. The first-order valence-electron chi connectivity index (χ1n) is 10.3. The lowest BCUT2D eigenvalue weighted by Crippen LogP contribution is -3.27. The molecule has 0 aromatic heterocycles. The zero-order valence-electron chi connectivity index (χ0n) is 18.0. The minimum atomic E-state index is -0.0866. The topological polar surface area (TPSA) is 50.4 Å². The van der Waals surface area contributed by atoms with E-state index in [1.807, 2.05) is 18.2 Å². The highest BCUT2D eigenvalue weighted by Crippen LogP contribution is 2.18. The molecule has 2 aromatic rings. The van der Waals surface area contributed by atoms with Crippen LogP contribution >= 0.6 is 0 Å². The first-order chi connectivity index (χ1) is 14.0. The number of anilines is 1. The highest BCUT2D eigenvalue weighted by Gasteiger charge is 2.30. The molecular weight excluding hydrogens is 364 g/mol. The second-order valence-corrected chi connectivity index (χ2v) is 8.06. The second kappa shape index (κ2) is 9.76. The van der Waals surface area contributed by atoms with E-state index in [1.165, 1.54) is 16.2 Å². The normalized spacial score (nSPS) is 20.0. The van der Waals surface area contributed by atoms with Gasteiger partial charge in [-0.15, -0.1) is 0 Å². The van der Waals surface area contributed by atoms with Crippen molar-refractivity contribution in [2.75, 3.05) is 65.9 Å². The van der Waals surface area contributed by atoms with Gasteiger partial charge in [-0.3, -0.25) is 4.79 Å². The van der Waals surface area contributed by atoms with Crippen molar-refractivity contribution < 1.29 is 19.3 Å². The quantitative estimate of drug-likeness (QED) is 0.597. The van der Waals surface area contributed by atoms with Crippen LogP contribution in [0, 0.1) is 0 Å². The van der Waals surface area contributed by atoms with Gasteiger partial charge in [0.1, 0.15) is 38.0 Å². The average Bonchev–Trinajstić information content (AvgIpc) is 2.75. The van der Waals surface area contributed by atoms with Crippen LogP contribution in [0.2, 0.25) is 0 Å². The van der Waals surface area contributed by atoms with E-state index in [0.29, 0.717) is 17.9 Å². The van der Waals surface area contributed by atoms with Gasteiger partial charge in [-0.2, -0.15) is 0 Å². The second-order valence-electron chi connectivity index (χ2n) is 8.06. The van der Waals surface area contributed by atoms with E-state index in [-0.39, 0.29) is 11.9 Å². The molecule has 0 saturated carbocycles. The fraction of sp³-hybridized carbons (Fsp3) is 0.435. The molecule has 156 valence electrons. The van der Waals surface area contributed by atoms with Gasteiger partial charge in [0, 0.05) is 25.3 Å². The number of likely N-dealkylation sites (N-methyl/N-ethyl adjacent to an activating group) is 1. The van der Waals surface area contributed by atoms with Crippen molar-refractivity contribution in [3.05, 3.63) is 59.7 Å². The van der Waals surface area contributed by atoms with Gasteiger partial charge in [-0.1, -0.05) is 24.3 Å². The maximum absolute atomic E-state index is 12.8. The summed E-state index contributed by atoms with van der Waals surface area (Å²) < 4.78 is 5.35. The smallest absolute Gasteiger partial charge is 0.255 e. The van der Waals surface area contributed by atoms with Crippen molar-refractivity contribution in [1.82, 2.24) is 5.32 Å². The molecule has 1 atom stereocenters. The molecular formula is C23H34N4O2+2. The monoisotopic (exact) mass is 398 g/mol. The average molecular weight is 399 g/mol. The Kier molecular flexibility index (Phi) is 7.12. The number of methoxy groups -OCH3 is 1. The number of piperazine rings is 1. The van der Waals surface area contributed by atoms with E-state index in [2.05, 4.69) is 55.6 Å². The van der Waals surface area contributed by atoms with Crippen LogP contribution in [0.5, 0.6) is 5.75 Å². The molecule has 3 rings (SSSR count). The van der Waals surface area contributed by atoms with Gasteiger partial charge in [0.2, 0.25) is 0 Å². The van der Waals surface area contributed by atoms with Crippen LogP contribution in [-0.4, -0.2) is 66.9 Å². The Balaban J connectivity index is 1.77. The Morgan fingerprint density at radius 2 is 1.72 bits per heavy atom. The van der Waals surface area contributed by atoms with Crippen LogP contribution in [0.25, 0.3) is 0 Å². The summed E-state index contributed by atoms with van der Waals surface area (Å²) in [5, 5.41) is 3.16. The van der Waals surface area contributed by atoms with E-state index in [1.54, 1.807) is 18.1 Å². The lowest BCUT2D eigenvalue weighted by atomic mass is 10.0. The summed E-state index contributed by atoms with van der Waals surface area (Å²) >= 11 is 0. The van der Waals surface area contributed by atoms with Crippen LogP contribution in [0.15, 0.2) is 48.5 Å². The Bertz CT molecular complexity index is 799. The molecule has 0 bridgehead atoms. The molecule has 0 spiro atoms. The Morgan fingerprint density at radius 3 is 2.34 bits per heavy atom. The number of para-hydroxylation sites is 1. The van der Waals surface area contributed by atoms with Crippen LogP contribution in [0.3, 0.4) is 0 Å². The summed E-state index contributed by atoms with van der Waals surface area (Å²) in [5.74, 6) is 0.518. The van der Waals surface area contributed by atoms with E-state index >= 15 is 0 Å². The number of quaternary nitrogens is 2. The highest BCUT2D eigenvalue weighted by atomic mass is 16.5. The van der Waals surface area contributed by atoms with Gasteiger partial charge in [0.05, 0.1) is 26.3 Å². The number of nitrogens with zero attached hydrogens (tertiary/aromatic N) is 1. The Morgan fingerprint density at radius 1 is 1.07 bits per heavy atom. The summed E-state index contributed by atoms with van der Waals surface area (Å²) in [6, 6.07) is 16.3. The van der Waals surface area contributed by atoms with Gasteiger partial charge >= 0.3 is 0 Å². The van der Waals surface area contributed by atoms with Crippen molar-refractivity contribution in [3.8, 4) is 5.75 Å². The number of carbonyl (C=O) groups excluding carboxylic acids is 1. The predicted octanol–water partition coefficient (Wildman–Crippen LogP) is -0.354. The molecule has 0 aliphatic carbocycles. The summed E-state index contributed by atoms with van der Waals surface area (Å²) in [5.41, 5.74) is 3.03. The number of nitrogens with one attached hydrogen (secondary N) is 3. The molecule has 3 N–H and O–H groups in total. The van der Waals surface area contributed by atoms with E-state index in [0.717, 1.165) is 26.2 Å². The predicted molar refractivity (Wildman–Crippen MR) is 116 cm³/mol. The minimum absolute atomic E-state index is 0.0866. The van der Waals surface area contributed by atoms with Gasteiger partial charge in [-0.05, 0) is 24.3 Å². The summed E-state index contributed by atoms with van der Waals surface area (Å²) in [4.78, 5) is 18.0. The third kappa shape index (κ3) is 5.28. The Labute approximate surface area is 174 Å². The first kappa shape index (κ1) is 21.1. The molecule has 6 heteroatoms. The summed E-state index contributed by atoms with van der Waals surface area (Å²) in [6.07, 6.45) is 0. The molecule has 6 nitrogen and oxygen atoms in total. The molecule has 0 unspecified atom stereocenters. The third-order valence-corrected chi connectivity index (χ3v) is 5.87. The number of rotatable bonds is 7. The molecule has 0 radical (unpaired) electrons. The lowest BCUT2D eigenvalue weighted by molar-refractivity contribution is -1.02. The number of amides is 1. The van der Waals surface area contributed by atoms with Crippen molar-refractivity contribution in [2.45, 2.75) is 6.04 Å².